The molecule has 0 aromatic heterocycles. The lowest BCUT2D eigenvalue weighted by Gasteiger charge is -2.25. The maximum Gasteiger partial charge on any atom is 0.0239 e. The fourth-order valence-electron chi connectivity index (χ4n) is 2.69. The third-order valence-electron chi connectivity index (χ3n) is 3.80. The van der Waals surface area contributed by atoms with Crippen LogP contribution in [-0.4, -0.2) is 31.1 Å². The zero-order valence-electron chi connectivity index (χ0n) is 12.7. The van der Waals surface area contributed by atoms with Crippen LogP contribution in [0.15, 0.2) is 24.3 Å². The standard InChI is InChI=1S/C17H28N2/c1-14(2)12-19(17-8-9-17)13-16-7-5-4-6-15(16)10-11-18-3/h4-7,14,17-18H,8-13H2,1-3H3. The molecule has 0 unspecified atom stereocenters. The first-order chi connectivity index (χ1) is 9.20. The Morgan fingerprint density at radius 3 is 2.47 bits per heavy atom. The molecule has 1 N–H and O–H groups in total. The van der Waals surface area contributed by atoms with E-state index in [0.29, 0.717) is 0 Å². The summed E-state index contributed by atoms with van der Waals surface area (Å²) in [6.45, 7) is 8.06. The molecule has 1 saturated carbocycles. The largest absolute Gasteiger partial charge is 0.319 e. The van der Waals surface area contributed by atoms with E-state index < -0.39 is 0 Å². The lowest BCUT2D eigenvalue weighted by Crippen LogP contribution is -2.30. The van der Waals surface area contributed by atoms with E-state index in [9.17, 15) is 0 Å². The van der Waals surface area contributed by atoms with E-state index in [2.05, 4.69) is 48.3 Å². The quantitative estimate of drug-likeness (QED) is 0.773. The van der Waals surface area contributed by atoms with Crippen molar-refractivity contribution in [1.82, 2.24) is 10.2 Å². The van der Waals surface area contributed by atoms with Crippen LogP contribution < -0.4 is 5.32 Å². The van der Waals surface area contributed by atoms with Gasteiger partial charge < -0.3 is 5.32 Å². The lowest BCUT2D eigenvalue weighted by atomic mass is 10.0. The molecular weight excluding hydrogens is 232 g/mol. The Balaban J connectivity index is 2.03. The zero-order valence-corrected chi connectivity index (χ0v) is 12.7. The molecule has 1 aromatic carbocycles. The Labute approximate surface area is 118 Å². The molecular formula is C17H28N2. The molecule has 0 aliphatic heterocycles. The second-order valence-corrected chi connectivity index (χ2v) is 6.18. The highest BCUT2D eigenvalue weighted by Gasteiger charge is 2.29. The van der Waals surface area contributed by atoms with E-state index in [4.69, 9.17) is 0 Å². The fraction of sp³-hybridized carbons (Fsp3) is 0.647. The Bertz CT molecular complexity index is 383. The molecule has 1 aromatic rings. The lowest BCUT2D eigenvalue weighted by molar-refractivity contribution is 0.225. The number of benzene rings is 1. The molecule has 1 aliphatic carbocycles. The number of hydrogen-bond acceptors (Lipinski definition) is 2. The van der Waals surface area contributed by atoms with Gasteiger partial charge in [-0.25, -0.2) is 0 Å². The van der Waals surface area contributed by atoms with Crippen molar-refractivity contribution in [2.75, 3.05) is 20.1 Å². The summed E-state index contributed by atoms with van der Waals surface area (Å²) in [6, 6.07) is 9.78. The smallest absolute Gasteiger partial charge is 0.0239 e. The maximum atomic E-state index is 3.25. The number of nitrogens with zero attached hydrogens (tertiary/aromatic N) is 1. The summed E-state index contributed by atoms with van der Waals surface area (Å²) in [5.41, 5.74) is 3.02. The highest BCUT2D eigenvalue weighted by Crippen LogP contribution is 2.29. The van der Waals surface area contributed by atoms with E-state index in [1.165, 1.54) is 30.5 Å². The van der Waals surface area contributed by atoms with Crippen molar-refractivity contribution in [2.45, 2.75) is 45.7 Å². The topological polar surface area (TPSA) is 15.3 Å². The molecule has 0 saturated heterocycles. The molecule has 0 radical (unpaired) electrons. The summed E-state index contributed by atoms with van der Waals surface area (Å²) >= 11 is 0. The van der Waals surface area contributed by atoms with Crippen LogP contribution in [0.1, 0.15) is 37.8 Å². The number of nitrogens with one attached hydrogen (secondary N) is 1. The first kappa shape index (κ1) is 14.5. The van der Waals surface area contributed by atoms with Gasteiger partial charge in [-0.05, 0) is 49.9 Å². The summed E-state index contributed by atoms with van der Waals surface area (Å²) < 4.78 is 0. The van der Waals surface area contributed by atoms with E-state index in [-0.39, 0.29) is 0 Å². The molecule has 2 rings (SSSR count). The van der Waals surface area contributed by atoms with Crippen LogP contribution in [0, 0.1) is 5.92 Å². The van der Waals surface area contributed by atoms with Gasteiger partial charge in [0.05, 0.1) is 0 Å². The number of rotatable bonds is 8. The minimum Gasteiger partial charge on any atom is -0.319 e. The first-order valence-corrected chi connectivity index (χ1v) is 7.66. The van der Waals surface area contributed by atoms with Gasteiger partial charge in [0.25, 0.3) is 0 Å². The normalized spacial score (nSPS) is 15.4. The van der Waals surface area contributed by atoms with Crippen molar-refractivity contribution in [3.05, 3.63) is 35.4 Å². The van der Waals surface area contributed by atoms with Crippen LogP contribution in [0.5, 0.6) is 0 Å². The van der Waals surface area contributed by atoms with Crippen LogP contribution >= 0.6 is 0 Å². The summed E-state index contributed by atoms with van der Waals surface area (Å²) in [7, 11) is 2.03. The van der Waals surface area contributed by atoms with Gasteiger partial charge in [-0.1, -0.05) is 38.1 Å². The van der Waals surface area contributed by atoms with Gasteiger partial charge in [0.15, 0.2) is 0 Å². The van der Waals surface area contributed by atoms with Crippen LogP contribution in [0.4, 0.5) is 0 Å². The van der Waals surface area contributed by atoms with Gasteiger partial charge >= 0.3 is 0 Å². The van der Waals surface area contributed by atoms with Gasteiger partial charge in [-0.3, -0.25) is 4.90 Å². The molecule has 106 valence electrons. The molecule has 0 bridgehead atoms. The fourth-order valence-corrected chi connectivity index (χ4v) is 2.69. The molecule has 0 heterocycles. The van der Waals surface area contributed by atoms with Crippen molar-refractivity contribution < 1.29 is 0 Å². The van der Waals surface area contributed by atoms with Crippen LogP contribution in [-0.2, 0) is 13.0 Å². The van der Waals surface area contributed by atoms with Gasteiger partial charge in [-0.2, -0.15) is 0 Å². The van der Waals surface area contributed by atoms with E-state index in [0.717, 1.165) is 31.5 Å². The van der Waals surface area contributed by atoms with Crippen molar-refractivity contribution in [2.24, 2.45) is 5.92 Å². The number of hydrogen-bond donors (Lipinski definition) is 1. The third-order valence-corrected chi connectivity index (χ3v) is 3.80. The average molecular weight is 260 g/mol. The molecule has 19 heavy (non-hydrogen) atoms. The summed E-state index contributed by atoms with van der Waals surface area (Å²) in [4.78, 5) is 2.68. The molecule has 0 spiro atoms. The monoisotopic (exact) mass is 260 g/mol. The molecule has 2 heteroatoms. The maximum absolute atomic E-state index is 3.25. The summed E-state index contributed by atoms with van der Waals surface area (Å²) in [5.74, 6) is 0.755. The zero-order chi connectivity index (χ0) is 13.7. The summed E-state index contributed by atoms with van der Waals surface area (Å²) in [5, 5.41) is 3.25. The third kappa shape index (κ3) is 4.63. The van der Waals surface area contributed by atoms with Gasteiger partial charge in [0.2, 0.25) is 0 Å². The predicted octanol–water partition coefficient (Wildman–Crippen LogP) is 3.07. The molecule has 1 aliphatic rings. The summed E-state index contributed by atoms with van der Waals surface area (Å²) in [6.07, 6.45) is 3.92. The van der Waals surface area contributed by atoms with Gasteiger partial charge in [0.1, 0.15) is 0 Å². The van der Waals surface area contributed by atoms with E-state index in [1.54, 1.807) is 0 Å². The molecule has 2 nitrogen and oxygen atoms in total. The molecule has 1 fully saturated rings. The van der Waals surface area contributed by atoms with Gasteiger partial charge in [0, 0.05) is 19.1 Å². The SMILES string of the molecule is CNCCc1ccccc1CN(CC(C)C)C1CC1. The predicted molar refractivity (Wildman–Crippen MR) is 82.3 cm³/mol. The van der Waals surface area contributed by atoms with Crippen LogP contribution in [0.25, 0.3) is 0 Å². The van der Waals surface area contributed by atoms with Crippen molar-refractivity contribution in [1.29, 1.82) is 0 Å². The minimum absolute atomic E-state index is 0.755. The Kier molecular flexibility index (Phi) is 5.41. The van der Waals surface area contributed by atoms with Crippen molar-refractivity contribution in [3.63, 3.8) is 0 Å². The molecule has 0 amide bonds. The Hall–Kier alpha value is -0.860. The highest BCUT2D eigenvalue weighted by atomic mass is 15.2. The second kappa shape index (κ2) is 7.06. The minimum atomic E-state index is 0.755. The van der Waals surface area contributed by atoms with Crippen LogP contribution in [0.3, 0.4) is 0 Å². The van der Waals surface area contributed by atoms with Crippen LogP contribution in [0.2, 0.25) is 0 Å². The Morgan fingerprint density at radius 1 is 1.21 bits per heavy atom. The first-order valence-electron chi connectivity index (χ1n) is 7.66. The molecule has 0 atom stereocenters. The number of likely N-dealkylation sites (N-methyl/N-ethyl adjacent to an activating group) is 1. The second-order valence-electron chi connectivity index (χ2n) is 6.18. The van der Waals surface area contributed by atoms with E-state index >= 15 is 0 Å². The van der Waals surface area contributed by atoms with Crippen molar-refractivity contribution in [3.8, 4) is 0 Å². The Morgan fingerprint density at radius 2 is 1.89 bits per heavy atom. The average Bonchev–Trinajstić information content (AvgIpc) is 3.20. The van der Waals surface area contributed by atoms with Crippen molar-refractivity contribution >= 4 is 0 Å². The highest BCUT2D eigenvalue weighted by molar-refractivity contribution is 5.27. The van der Waals surface area contributed by atoms with E-state index in [1.807, 2.05) is 7.05 Å². The van der Waals surface area contributed by atoms with Gasteiger partial charge in [-0.15, -0.1) is 0 Å².